The lowest BCUT2D eigenvalue weighted by Gasteiger charge is -1.59. The van der Waals surface area contributed by atoms with Crippen LogP contribution in [0, 0.1) is 0 Å². The van der Waals surface area contributed by atoms with Crippen molar-refractivity contribution < 1.29 is 0 Å². The molecule has 0 atom stereocenters. The van der Waals surface area contributed by atoms with Crippen LogP contribution in [0.1, 0.15) is 13.8 Å². The summed E-state index contributed by atoms with van der Waals surface area (Å²) in [6.07, 6.45) is 0. The quantitative estimate of drug-likeness (QED) is 0.423. The smallest absolute Gasteiger partial charge is 0 e. The molecule has 37 valence electrons. The van der Waals surface area contributed by atoms with E-state index in [0.29, 0.717) is 0 Å². The molecule has 0 amide bonds. The van der Waals surface area contributed by atoms with E-state index in [1.54, 1.807) is 0 Å². The van der Waals surface area contributed by atoms with Crippen molar-refractivity contribution in [2.24, 2.45) is 0 Å². The van der Waals surface area contributed by atoms with Gasteiger partial charge in [-0.1, -0.05) is 13.8 Å². The van der Waals surface area contributed by atoms with Crippen LogP contribution >= 0.6 is 0 Å². The van der Waals surface area contributed by atoms with Gasteiger partial charge in [0.25, 0.3) is 0 Å². The summed E-state index contributed by atoms with van der Waals surface area (Å²) in [6, 6.07) is 0. The molecule has 0 heterocycles. The SMILES string of the molecule is CC.CNC.[B]. The van der Waals surface area contributed by atoms with Crippen molar-refractivity contribution in [1.82, 2.24) is 5.32 Å². The topological polar surface area (TPSA) is 12.0 Å². The summed E-state index contributed by atoms with van der Waals surface area (Å²) in [5.74, 6) is 0. The molecular formula is C4H13BN. The van der Waals surface area contributed by atoms with E-state index in [9.17, 15) is 0 Å². The van der Waals surface area contributed by atoms with Crippen LogP contribution in [-0.4, -0.2) is 22.5 Å². The second-order valence-corrected chi connectivity index (χ2v) is 0.500. The fourth-order valence-corrected chi connectivity index (χ4v) is 0. The minimum absolute atomic E-state index is 0. The second kappa shape index (κ2) is 77.5. The van der Waals surface area contributed by atoms with Crippen LogP contribution < -0.4 is 5.32 Å². The average Bonchev–Trinajstić information content (AvgIpc) is 1.46. The number of hydrogen-bond donors (Lipinski definition) is 1. The Hall–Kier alpha value is 0.0249. The molecule has 6 heavy (non-hydrogen) atoms. The third-order valence-electron chi connectivity index (χ3n) is 0. The van der Waals surface area contributed by atoms with Gasteiger partial charge in [-0.05, 0) is 14.1 Å². The van der Waals surface area contributed by atoms with Gasteiger partial charge in [-0.25, -0.2) is 0 Å². The predicted octanol–water partition coefficient (Wildman–Crippen LogP) is 0.481. The summed E-state index contributed by atoms with van der Waals surface area (Å²) in [5.41, 5.74) is 0. The first-order chi connectivity index (χ1) is 2.41. The van der Waals surface area contributed by atoms with Crippen LogP contribution in [0.2, 0.25) is 0 Å². The third-order valence-corrected chi connectivity index (χ3v) is 0. The van der Waals surface area contributed by atoms with Crippen molar-refractivity contribution in [2.45, 2.75) is 13.8 Å². The zero-order valence-electron chi connectivity index (χ0n) is 5.08. The molecule has 0 unspecified atom stereocenters. The maximum absolute atomic E-state index is 2.75. The third kappa shape index (κ3) is 59200. The van der Waals surface area contributed by atoms with E-state index in [0.717, 1.165) is 0 Å². The maximum Gasteiger partial charge on any atom is 0 e. The molecule has 0 saturated heterocycles. The van der Waals surface area contributed by atoms with E-state index in [4.69, 9.17) is 0 Å². The van der Waals surface area contributed by atoms with E-state index in [1.165, 1.54) is 0 Å². The summed E-state index contributed by atoms with van der Waals surface area (Å²) in [6.45, 7) is 4.00. The summed E-state index contributed by atoms with van der Waals surface area (Å²) in [4.78, 5) is 0. The molecule has 3 radical (unpaired) electrons. The lowest BCUT2D eigenvalue weighted by Crippen LogP contribution is -1.89. The van der Waals surface area contributed by atoms with Gasteiger partial charge in [0, 0.05) is 8.41 Å². The molecule has 0 aromatic heterocycles. The van der Waals surface area contributed by atoms with Crippen LogP contribution in [0.15, 0.2) is 0 Å². The normalized spacial score (nSPS) is 4.00. The minimum atomic E-state index is 0. The van der Waals surface area contributed by atoms with Crippen molar-refractivity contribution in [3.8, 4) is 0 Å². The van der Waals surface area contributed by atoms with Crippen LogP contribution in [-0.2, 0) is 0 Å². The summed E-state index contributed by atoms with van der Waals surface area (Å²) in [7, 11) is 3.75. The Morgan fingerprint density at radius 2 is 1.00 bits per heavy atom. The Morgan fingerprint density at radius 1 is 1.00 bits per heavy atom. The highest BCUT2D eigenvalue weighted by molar-refractivity contribution is 5.75. The Labute approximate surface area is 42.7 Å². The highest BCUT2D eigenvalue weighted by Crippen LogP contribution is 1.14. The van der Waals surface area contributed by atoms with Gasteiger partial charge in [-0.15, -0.1) is 0 Å². The largest absolute Gasteiger partial charge is 0.323 e. The molecule has 1 N–H and O–H groups in total. The Bertz CT molecular complexity index is 7.51. The van der Waals surface area contributed by atoms with Gasteiger partial charge >= 0.3 is 0 Å². The molecule has 0 fully saturated rings. The summed E-state index contributed by atoms with van der Waals surface area (Å²) < 4.78 is 0. The van der Waals surface area contributed by atoms with Gasteiger partial charge in [-0.3, -0.25) is 0 Å². The van der Waals surface area contributed by atoms with Gasteiger partial charge in [0.15, 0.2) is 0 Å². The highest BCUT2D eigenvalue weighted by atomic mass is 14.7. The van der Waals surface area contributed by atoms with Crippen molar-refractivity contribution in [1.29, 1.82) is 0 Å². The molecule has 0 aliphatic carbocycles. The van der Waals surface area contributed by atoms with E-state index in [2.05, 4.69) is 5.32 Å². The lowest BCUT2D eigenvalue weighted by molar-refractivity contribution is 1.02. The maximum atomic E-state index is 2.75. The van der Waals surface area contributed by atoms with E-state index in [-0.39, 0.29) is 8.41 Å². The molecule has 0 aliphatic rings. The standard InChI is InChI=1S/C2H7N.C2H6.B/c1-3-2;1-2;/h3H,1-2H3;1-2H3;. The van der Waals surface area contributed by atoms with Gasteiger partial charge in [0.1, 0.15) is 0 Å². The van der Waals surface area contributed by atoms with Crippen LogP contribution in [0.5, 0.6) is 0 Å². The summed E-state index contributed by atoms with van der Waals surface area (Å²) in [5, 5.41) is 2.75. The van der Waals surface area contributed by atoms with E-state index in [1.807, 2.05) is 27.9 Å². The molecule has 0 aromatic rings. The fourth-order valence-electron chi connectivity index (χ4n) is 0. The van der Waals surface area contributed by atoms with Gasteiger partial charge in [-0.2, -0.15) is 0 Å². The number of rotatable bonds is 0. The minimum Gasteiger partial charge on any atom is -0.323 e. The molecule has 2 heteroatoms. The molecule has 0 saturated carbocycles. The fraction of sp³-hybridized carbons (Fsp3) is 1.00. The zero-order chi connectivity index (χ0) is 4.71. The molecule has 0 bridgehead atoms. The van der Waals surface area contributed by atoms with E-state index < -0.39 is 0 Å². The second-order valence-electron chi connectivity index (χ2n) is 0.500. The summed E-state index contributed by atoms with van der Waals surface area (Å²) >= 11 is 0. The first-order valence-corrected chi connectivity index (χ1v) is 2.00. The van der Waals surface area contributed by atoms with Gasteiger partial charge in [0.2, 0.25) is 0 Å². The average molecular weight is 86.0 g/mol. The number of hydrogen-bond acceptors (Lipinski definition) is 1. The Balaban J connectivity index is -0.0000000275. The van der Waals surface area contributed by atoms with Crippen molar-refractivity contribution in [2.75, 3.05) is 14.1 Å². The first kappa shape index (κ1) is 16.6. The highest BCUT2D eigenvalue weighted by Gasteiger charge is 1.25. The van der Waals surface area contributed by atoms with Gasteiger partial charge < -0.3 is 5.32 Å². The van der Waals surface area contributed by atoms with Crippen LogP contribution in [0.25, 0.3) is 0 Å². The Morgan fingerprint density at radius 3 is 1.00 bits per heavy atom. The lowest BCUT2D eigenvalue weighted by atomic mass is 10.8. The Kier molecular flexibility index (Phi) is 215. The van der Waals surface area contributed by atoms with Gasteiger partial charge in [0.05, 0.1) is 0 Å². The first-order valence-electron chi connectivity index (χ1n) is 2.00. The zero-order valence-corrected chi connectivity index (χ0v) is 5.08. The monoisotopic (exact) mass is 86.1 g/mol. The predicted molar refractivity (Wildman–Crippen MR) is 32.1 cm³/mol. The molecular weight excluding hydrogens is 72.9 g/mol. The van der Waals surface area contributed by atoms with E-state index >= 15 is 0 Å². The number of nitrogens with one attached hydrogen (secondary N) is 1. The molecule has 1 nitrogen and oxygen atoms in total. The molecule has 0 aliphatic heterocycles. The molecule has 0 aromatic carbocycles. The molecule has 0 rings (SSSR count). The molecule has 0 spiro atoms. The van der Waals surface area contributed by atoms with Crippen molar-refractivity contribution >= 4 is 8.41 Å². The van der Waals surface area contributed by atoms with Crippen LogP contribution in [0.4, 0.5) is 0 Å². The van der Waals surface area contributed by atoms with Crippen molar-refractivity contribution in [3.05, 3.63) is 0 Å². The van der Waals surface area contributed by atoms with Crippen LogP contribution in [0.3, 0.4) is 0 Å². The van der Waals surface area contributed by atoms with Crippen molar-refractivity contribution in [3.63, 3.8) is 0 Å².